The van der Waals surface area contributed by atoms with Crippen molar-refractivity contribution in [2.45, 2.75) is 24.6 Å². The maximum absolute atomic E-state index is 11.6. The SMILES string of the molecule is COc1ccc(CNCC2CCCS2(=O)=O)c(O)c1. The highest BCUT2D eigenvalue weighted by atomic mass is 32.2. The fraction of sp³-hybridized carbons (Fsp3) is 0.538. The second-order valence-electron chi connectivity index (χ2n) is 4.76. The molecule has 0 spiro atoms. The van der Waals surface area contributed by atoms with Crippen LogP contribution in [0, 0.1) is 0 Å². The van der Waals surface area contributed by atoms with Crippen molar-refractivity contribution >= 4 is 9.84 Å². The first kappa shape index (κ1) is 14.1. The van der Waals surface area contributed by atoms with Gasteiger partial charge in [-0.3, -0.25) is 0 Å². The third-order valence-corrected chi connectivity index (χ3v) is 5.72. The number of rotatable bonds is 5. The van der Waals surface area contributed by atoms with Gasteiger partial charge in [-0.25, -0.2) is 8.42 Å². The first-order valence-corrected chi connectivity index (χ1v) is 8.02. The van der Waals surface area contributed by atoms with Crippen LogP contribution in [0.3, 0.4) is 0 Å². The van der Waals surface area contributed by atoms with Gasteiger partial charge in [-0.05, 0) is 18.9 Å². The molecule has 19 heavy (non-hydrogen) atoms. The molecule has 2 rings (SSSR count). The monoisotopic (exact) mass is 285 g/mol. The molecule has 1 unspecified atom stereocenters. The topological polar surface area (TPSA) is 75.6 Å². The van der Waals surface area contributed by atoms with Crippen LogP contribution in [-0.2, 0) is 16.4 Å². The number of sulfone groups is 1. The summed E-state index contributed by atoms with van der Waals surface area (Å²) in [4.78, 5) is 0. The Morgan fingerprint density at radius 3 is 2.84 bits per heavy atom. The van der Waals surface area contributed by atoms with Gasteiger partial charge in [-0.15, -0.1) is 0 Å². The molecule has 106 valence electrons. The van der Waals surface area contributed by atoms with Crippen molar-refractivity contribution in [3.8, 4) is 11.5 Å². The lowest BCUT2D eigenvalue weighted by Crippen LogP contribution is -2.30. The van der Waals surface area contributed by atoms with Crippen molar-refractivity contribution in [3.63, 3.8) is 0 Å². The molecule has 0 aromatic heterocycles. The van der Waals surface area contributed by atoms with Crippen LogP contribution in [0.25, 0.3) is 0 Å². The number of benzene rings is 1. The maximum atomic E-state index is 11.6. The Hall–Kier alpha value is -1.27. The molecule has 0 bridgehead atoms. The number of methoxy groups -OCH3 is 1. The van der Waals surface area contributed by atoms with Crippen molar-refractivity contribution in [2.75, 3.05) is 19.4 Å². The summed E-state index contributed by atoms with van der Waals surface area (Å²) in [5.74, 6) is 1.05. The summed E-state index contributed by atoms with van der Waals surface area (Å²) in [6.07, 6.45) is 1.48. The van der Waals surface area contributed by atoms with Gasteiger partial charge < -0.3 is 15.2 Å². The van der Waals surface area contributed by atoms with E-state index in [1.165, 1.54) is 7.11 Å². The zero-order valence-corrected chi connectivity index (χ0v) is 11.7. The molecule has 0 radical (unpaired) electrons. The molecule has 1 aromatic rings. The van der Waals surface area contributed by atoms with Crippen LogP contribution in [0.5, 0.6) is 11.5 Å². The van der Waals surface area contributed by atoms with Crippen LogP contribution < -0.4 is 10.1 Å². The average molecular weight is 285 g/mol. The van der Waals surface area contributed by atoms with E-state index in [2.05, 4.69) is 5.32 Å². The molecule has 2 N–H and O–H groups in total. The van der Waals surface area contributed by atoms with E-state index >= 15 is 0 Å². The van der Waals surface area contributed by atoms with E-state index in [1.807, 2.05) is 0 Å². The molecule has 5 nitrogen and oxygen atoms in total. The smallest absolute Gasteiger partial charge is 0.154 e. The van der Waals surface area contributed by atoms with Crippen molar-refractivity contribution < 1.29 is 18.3 Å². The number of phenols is 1. The summed E-state index contributed by atoms with van der Waals surface area (Å²) in [5.41, 5.74) is 0.733. The van der Waals surface area contributed by atoms with E-state index < -0.39 is 9.84 Å². The molecule has 1 atom stereocenters. The van der Waals surface area contributed by atoms with Crippen LogP contribution >= 0.6 is 0 Å². The third-order valence-electron chi connectivity index (χ3n) is 3.44. The third kappa shape index (κ3) is 3.39. The van der Waals surface area contributed by atoms with Crippen LogP contribution in [0.2, 0.25) is 0 Å². The summed E-state index contributed by atoms with van der Waals surface area (Å²) in [6, 6.07) is 5.08. The van der Waals surface area contributed by atoms with Crippen LogP contribution in [0.4, 0.5) is 0 Å². The Labute approximate surface area is 113 Å². The fourth-order valence-electron chi connectivity index (χ4n) is 2.28. The number of hydrogen-bond acceptors (Lipinski definition) is 5. The molecule has 1 aliphatic rings. The molecule has 0 aliphatic carbocycles. The zero-order valence-electron chi connectivity index (χ0n) is 10.9. The largest absolute Gasteiger partial charge is 0.507 e. The molecule has 1 aromatic carbocycles. The van der Waals surface area contributed by atoms with Crippen molar-refractivity contribution in [1.29, 1.82) is 0 Å². The number of hydrogen-bond donors (Lipinski definition) is 2. The normalized spacial score (nSPS) is 21.4. The Balaban J connectivity index is 1.89. The van der Waals surface area contributed by atoms with Gasteiger partial charge >= 0.3 is 0 Å². The van der Waals surface area contributed by atoms with E-state index in [-0.39, 0.29) is 11.0 Å². The van der Waals surface area contributed by atoms with E-state index in [4.69, 9.17) is 4.74 Å². The van der Waals surface area contributed by atoms with Crippen LogP contribution in [0.15, 0.2) is 18.2 Å². The lowest BCUT2D eigenvalue weighted by molar-refractivity contribution is 0.406. The Kier molecular flexibility index (Phi) is 4.31. The average Bonchev–Trinajstić information content (AvgIpc) is 2.70. The van der Waals surface area contributed by atoms with Gasteiger partial charge in [0.25, 0.3) is 0 Å². The molecule has 6 heteroatoms. The summed E-state index contributed by atoms with van der Waals surface area (Å²) in [5, 5.41) is 12.6. The van der Waals surface area contributed by atoms with Crippen LogP contribution in [0.1, 0.15) is 18.4 Å². The van der Waals surface area contributed by atoms with Crippen molar-refractivity contribution in [2.24, 2.45) is 0 Å². The van der Waals surface area contributed by atoms with E-state index in [1.54, 1.807) is 18.2 Å². The van der Waals surface area contributed by atoms with Gasteiger partial charge in [-0.2, -0.15) is 0 Å². The van der Waals surface area contributed by atoms with Crippen LogP contribution in [-0.4, -0.2) is 38.2 Å². The van der Waals surface area contributed by atoms with Gasteiger partial charge in [0.1, 0.15) is 11.5 Å². The minimum Gasteiger partial charge on any atom is -0.507 e. The highest BCUT2D eigenvalue weighted by molar-refractivity contribution is 7.92. The number of ether oxygens (including phenoxy) is 1. The summed E-state index contributed by atoms with van der Waals surface area (Å²) in [7, 11) is -1.37. The van der Waals surface area contributed by atoms with Gasteiger partial charge in [0.15, 0.2) is 9.84 Å². The summed E-state index contributed by atoms with van der Waals surface area (Å²) < 4.78 is 28.3. The van der Waals surface area contributed by atoms with Gasteiger partial charge in [0, 0.05) is 24.7 Å². The number of phenolic OH excluding ortho intramolecular Hbond substituents is 1. The molecular weight excluding hydrogens is 266 g/mol. The number of aromatic hydroxyl groups is 1. The second kappa shape index (κ2) is 5.79. The quantitative estimate of drug-likeness (QED) is 0.846. The Morgan fingerprint density at radius 1 is 1.47 bits per heavy atom. The molecule has 1 fully saturated rings. The molecule has 0 saturated carbocycles. The molecule has 0 amide bonds. The maximum Gasteiger partial charge on any atom is 0.154 e. The predicted molar refractivity (Wildman–Crippen MR) is 73.2 cm³/mol. The van der Waals surface area contributed by atoms with Crippen molar-refractivity contribution in [3.05, 3.63) is 23.8 Å². The second-order valence-corrected chi connectivity index (χ2v) is 7.16. The minimum atomic E-state index is -2.91. The zero-order chi connectivity index (χ0) is 13.9. The number of nitrogens with one attached hydrogen (secondary N) is 1. The minimum absolute atomic E-state index is 0.154. The van der Waals surface area contributed by atoms with E-state index in [9.17, 15) is 13.5 Å². The van der Waals surface area contributed by atoms with Gasteiger partial charge in [0.05, 0.1) is 18.1 Å². The lowest BCUT2D eigenvalue weighted by atomic mass is 10.2. The van der Waals surface area contributed by atoms with Gasteiger partial charge in [0.2, 0.25) is 0 Å². The first-order chi connectivity index (χ1) is 9.03. The van der Waals surface area contributed by atoms with Crippen molar-refractivity contribution in [1.82, 2.24) is 5.32 Å². The van der Waals surface area contributed by atoms with Gasteiger partial charge in [-0.1, -0.05) is 6.07 Å². The highest BCUT2D eigenvalue weighted by Crippen LogP contribution is 2.23. The summed E-state index contributed by atoms with van der Waals surface area (Å²) >= 11 is 0. The highest BCUT2D eigenvalue weighted by Gasteiger charge is 2.30. The molecule has 1 saturated heterocycles. The van der Waals surface area contributed by atoms with E-state index in [0.29, 0.717) is 24.6 Å². The molecule has 1 aliphatic heterocycles. The standard InChI is InChI=1S/C13H19NO4S/c1-18-11-5-4-10(13(15)7-11)8-14-9-12-3-2-6-19(12,16)17/h4-5,7,12,14-15H,2-3,6,8-9H2,1H3. The predicted octanol–water partition coefficient (Wildman–Crippen LogP) is 1.07. The molecule has 1 heterocycles. The van der Waals surface area contributed by atoms with E-state index in [0.717, 1.165) is 18.4 Å². The first-order valence-electron chi connectivity index (χ1n) is 6.31. The Morgan fingerprint density at radius 2 is 2.26 bits per heavy atom. The lowest BCUT2D eigenvalue weighted by Gasteiger charge is -2.12. The molecular formula is C13H19NO4S. The Bertz CT molecular complexity index is 542. The summed E-state index contributed by atoms with van der Waals surface area (Å²) in [6.45, 7) is 0.885. The fourth-order valence-corrected chi connectivity index (χ4v) is 4.08.